The van der Waals surface area contributed by atoms with Gasteiger partial charge < -0.3 is 10.1 Å². The van der Waals surface area contributed by atoms with E-state index in [-0.39, 0.29) is 11.9 Å². The molecule has 1 aromatic carbocycles. The fourth-order valence-corrected chi connectivity index (χ4v) is 1.62. The van der Waals surface area contributed by atoms with E-state index in [1.165, 1.54) is 0 Å². The molecule has 0 aliphatic rings. The van der Waals surface area contributed by atoms with Crippen LogP contribution in [-0.4, -0.2) is 18.1 Å². The molecule has 100 valence electrons. The highest BCUT2D eigenvalue weighted by Gasteiger charge is 2.17. The van der Waals surface area contributed by atoms with Gasteiger partial charge >= 0.3 is 0 Å². The lowest BCUT2D eigenvalue weighted by molar-refractivity contribution is -0.127. The van der Waals surface area contributed by atoms with Crippen LogP contribution in [0.3, 0.4) is 0 Å². The van der Waals surface area contributed by atoms with Gasteiger partial charge in [0.2, 0.25) is 0 Å². The zero-order valence-corrected chi connectivity index (χ0v) is 11.7. The first-order valence-electron chi connectivity index (χ1n) is 6.63. The minimum absolute atomic E-state index is 0.0599. The third-order valence-electron chi connectivity index (χ3n) is 3.03. The van der Waals surface area contributed by atoms with Crippen LogP contribution < -0.4 is 10.1 Å². The Hall–Kier alpha value is -1.51. The Bertz CT molecular complexity index is 390. The monoisotopic (exact) mass is 249 g/mol. The van der Waals surface area contributed by atoms with Gasteiger partial charge in [-0.25, -0.2) is 0 Å². The highest BCUT2D eigenvalue weighted by Crippen LogP contribution is 2.19. The second-order valence-corrected chi connectivity index (χ2v) is 4.54. The van der Waals surface area contributed by atoms with Crippen LogP contribution in [0.5, 0.6) is 5.75 Å². The maximum Gasteiger partial charge on any atom is 0.260 e. The number of benzene rings is 1. The molecule has 0 saturated carbocycles. The van der Waals surface area contributed by atoms with Crippen molar-refractivity contribution in [2.45, 2.75) is 52.7 Å². The van der Waals surface area contributed by atoms with E-state index < -0.39 is 6.10 Å². The SMILES string of the molecule is CCc1ccccc1OC(C)C(=O)NC(C)CC. The minimum Gasteiger partial charge on any atom is -0.481 e. The molecule has 0 aromatic heterocycles. The van der Waals surface area contributed by atoms with Crippen molar-refractivity contribution in [2.24, 2.45) is 0 Å². The van der Waals surface area contributed by atoms with Gasteiger partial charge in [0.15, 0.2) is 6.10 Å². The number of carbonyl (C=O) groups is 1. The number of carbonyl (C=O) groups excluding carboxylic acids is 1. The second-order valence-electron chi connectivity index (χ2n) is 4.54. The van der Waals surface area contributed by atoms with Gasteiger partial charge in [-0.15, -0.1) is 0 Å². The molecule has 3 heteroatoms. The highest BCUT2D eigenvalue weighted by molar-refractivity contribution is 5.81. The van der Waals surface area contributed by atoms with E-state index in [0.29, 0.717) is 0 Å². The summed E-state index contributed by atoms with van der Waals surface area (Å²) in [6.45, 7) is 7.89. The van der Waals surface area contributed by atoms with Gasteiger partial charge in [0.05, 0.1) is 0 Å². The van der Waals surface area contributed by atoms with Crippen LogP contribution in [0.15, 0.2) is 24.3 Å². The van der Waals surface area contributed by atoms with E-state index >= 15 is 0 Å². The largest absolute Gasteiger partial charge is 0.481 e. The number of nitrogens with one attached hydrogen (secondary N) is 1. The Morgan fingerprint density at radius 3 is 2.56 bits per heavy atom. The van der Waals surface area contributed by atoms with Crippen LogP contribution >= 0.6 is 0 Å². The maximum absolute atomic E-state index is 11.9. The van der Waals surface area contributed by atoms with Crippen molar-refractivity contribution in [3.05, 3.63) is 29.8 Å². The lowest BCUT2D eigenvalue weighted by atomic mass is 10.1. The van der Waals surface area contributed by atoms with Crippen LogP contribution in [0.4, 0.5) is 0 Å². The quantitative estimate of drug-likeness (QED) is 0.841. The molecule has 0 aliphatic heterocycles. The number of amides is 1. The summed E-state index contributed by atoms with van der Waals surface area (Å²) in [6.07, 6.45) is 1.35. The predicted octanol–water partition coefficient (Wildman–Crippen LogP) is 2.93. The topological polar surface area (TPSA) is 38.3 Å². The molecule has 18 heavy (non-hydrogen) atoms. The van der Waals surface area contributed by atoms with Crippen LogP contribution in [0, 0.1) is 0 Å². The van der Waals surface area contributed by atoms with Crippen molar-refractivity contribution < 1.29 is 9.53 Å². The first-order valence-corrected chi connectivity index (χ1v) is 6.63. The van der Waals surface area contributed by atoms with Crippen molar-refractivity contribution in [3.8, 4) is 5.75 Å². The van der Waals surface area contributed by atoms with Crippen molar-refractivity contribution in [2.75, 3.05) is 0 Å². The van der Waals surface area contributed by atoms with Gasteiger partial charge in [-0.05, 0) is 38.3 Å². The molecule has 0 saturated heterocycles. The Morgan fingerprint density at radius 1 is 1.28 bits per heavy atom. The van der Waals surface area contributed by atoms with E-state index in [0.717, 1.165) is 24.2 Å². The third kappa shape index (κ3) is 4.06. The van der Waals surface area contributed by atoms with E-state index in [2.05, 4.69) is 12.2 Å². The standard InChI is InChI=1S/C15H23NO2/c1-5-11(3)16-15(17)12(4)18-14-10-8-7-9-13(14)6-2/h7-12H,5-6H2,1-4H3,(H,16,17). The van der Waals surface area contributed by atoms with E-state index in [9.17, 15) is 4.79 Å². The predicted molar refractivity (Wildman–Crippen MR) is 73.8 cm³/mol. The Kier molecular flexibility index (Phi) is 5.69. The Labute approximate surface area is 110 Å². The van der Waals surface area contributed by atoms with Crippen molar-refractivity contribution in [1.29, 1.82) is 0 Å². The van der Waals surface area contributed by atoms with Crippen molar-refractivity contribution in [1.82, 2.24) is 5.32 Å². The molecule has 1 aromatic rings. The van der Waals surface area contributed by atoms with Crippen LogP contribution in [0.25, 0.3) is 0 Å². The first kappa shape index (κ1) is 14.6. The molecule has 1 N–H and O–H groups in total. The van der Waals surface area contributed by atoms with E-state index in [4.69, 9.17) is 4.74 Å². The summed E-state index contributed by atoms with van der Waals surface area (Å²) in [6, 6.07) is 8.02. The molecule has 0 spiro atoms. The van der Waals surface area contributed by atoms with Gasteiger partial charge in [0.1, 0.15) is 5.75 Å². The van der Waals surface area contributed by atoms with E-state index in [1.54, 1.807) is 6.92 Å². The van der Waals surface area contributed by atoms with Crippen molar-refractivity contribution >= 4 is 5.91 Å². The minimum atomic E-state index is -0.466. The molecule has 0 bridgehead atoms. The summed E-state index contributed by atoms with van der Waals surface area (Å²) in [5.41, 5.74) is 1.13. The highest BCUT2D eigenvalue weighted by atomic mass is 16.5. The molecule has 0 heterocycles. The molecule has 1 amide bonds. The molecule has 1 rings (SSSR count). The molecule has 0 aliphatic carbocycles. The number of para-hydroxylation sites is 1. The molecule has 0 fully saturated rings. The fraction of sp³-hybridized carbons (Fsp3) is 0.533. The van der Waals surface area contributed by atoms with Gasteiger partial charge in [0.25, 0.3) is 5.91 Å². The lowest BCUT2D eigenvalue weighted by Crippen LogP contribution is -2.41. The van der Waals surface area contributed by atoms with Gasteiger partial charge in [0, 0.05) is 6.04 Å². The lowest BCUT2D eigenvalue weighted by Gasteiger charge is -2.19. The zero-order valence-electron chi connectivity index (χ0n) is 11.7. The first-order chi connectivity index (χ1) is 8.58. The molecular weight excluding hydrogens is 226 g/mol. The maximum atomic E-state index is 11.9. The van der Waals surface area contributed by atoms with Crippen molar-refractivity contribution in [3.63, 3.8) is 0 Å². The zero-order chi connectivity index (χ0) is 13.5. The summed E-state index contributed by atoms with van der Waals surface area (Å²) in [7, 11) is 0. The third-order valence-corrected chi connectivity index (χ3v) is 3.03. The average molecular weight is 249 g/mol. The number of aryl methyl sites for hydroxylation is 1. The van der Waals surface area contributed by atoms with Gasteiger partial charge in [-0.3, -0.25) is 4.79 Å². The smallest absolute Gasteiger partial charge is 0.260 e. The summed E-state index contributed by atoms with van der Waals surface area (Å²) in [5, 5.41) is 2.92. The number of ether oxygens (including phenoxy) is 1. The van der Waals surface area contributed by atoms with Crippen LogP contribution in [0.2, 0.25) is 0 Å². The summed E-state index contributed by atoms with van der Waals surface area (Å²) in [5.74, 6) is 0.738. The van der Waals surface area contributed by atoms with Gasteiger partial charge in [-0.1, -0.05) is 32.0 Å². The Morgan fingerprint density at radius 2 is 1.94 bits per heavy atom. The normalized spacial score (nSPS) is 13.8. The number of hydrogen-bond donors (Lipinski definition) is 1. The average Bonchev–Trinajstić information content (AvgIpc) is 2.39. The molecule has 2 atom stereocenters. The fourth-order valence-electron chi connectivity index (χ4n) is 1.62. The molecular formula is C15H23NO2. The summed E-state index contributed by atoms with van der Waals surface area (Å²) < 4.78 is 5.73. The summed E-state index contributed by atoms with van der Waals surface area (Å²) >= 11 is 0. The van der Waals surface area contributed by atoms with Crippen LogP contribution in [-0.2, 0) is 11.2 Å². The number of hydrogen-bond acceptors (Lipinski definition) is 2. The van der Waals surface area contributed by atoms with E-state index in [1.807, 2.05) is 38.1 Å². The second kappa shape index (κ2) is 7.04. The molecule has 3 nitrogen and oxygen atoms in total. The van der Waals surface area contributed by atoms with Crippen LogP contribution in [0.1, 0.15) is 39.7 Å². The molecule has 2 unspecified atom stereocenters. The number of rotatable bonds is 6. The van der Waals surface area contributed by atoms with Gasteiger partial charge in [-0.2, -0.15) is 0 Å². The molecule has 0 radical (unpaired) electrons. The summed E-state index contributed by atoms with van der Waals surface area (Å²) in [4.78, 5) is 11.9. The Balaban J connectivity index is 2.63.